The summed E-state index contributed by atoms with van der Waals surface area (Å²) in [5, 5.41) is 8.65. The highest BCUT2D eigenvalue weighted by molar-refractivity contribution is 7.11. The molecule has 0 aliphatic carbocycles. The van der Waals surface area contributed by atoms with E-state index in [1.807, 2.05) is 18.3 Å². The molecule has 2 aromatic rings. The van der Waals surface area contributed by atoms with E-state index in [4.69, 9.17) is 0 Å². The number of hydrogen-bond donors (Lipinski definition) is 0. The van der Waals surface area contributed by atoms with Crippen LogP contribution < -0.4 is 4.90 Å². The van der Waals surface area contributed by atoms with Crippen molar-refractivity contribution in [2.45, 2.75) is 39.7 Å². The van der Waals surface area contributed by atoms with Crippen molar-refractivity contribution in [3.63, 3.8) is 0 Å². The first kappa shape index (κ1) is 16.0. The van der Waals surface area contributed by atoms with E-state index in [9.17, 15) is 0 Å². The zero-order chi connectivity index (χ0) is 16.6. The fourth-order valence-corrected chi connectivity index (χ4v) is 5.18. The lowest BCUT2D eigenvalue weighted by Crippen LogP contribution is -2.45. The average molecular weight is 343 g/mol. The Balaban J connectivity index is 1.42. The van der Waals surface area contributed by atoms with Crippen LogP contribution in [0.4, 0.5) is 5.82 Å². The van der Waals surface area contributed by atoms with E-state index in [2.05, 4.69) is 51.2 Å². The maximum absolute atomic E-state index is 4.41. The van der Waals surface area contributed by atoms with E-state index in [1.54, 1.807) is 0 Å². The van der Waals surface area contributed by atoms with E-state index < -0.39 is 0 Å². The third kappa shape index (κ3) is 3.33. The molecule has 1 atom stereocenters. The van der Waals surface area contributed by atoms with Gasteiger partial charge in [0.25, 0.3) is 0 Å². The first-order chi connectivity index (χ1) is 11.6. The minimum atomic E-state index is 0.442. The number of rotatable bonds is 3. The lowest BCUT2D eigenvalue weighted by atomic mass is 9.79. The summed E-state index contributed by atoms with van der Waals surface area (Å²) < 4.78 is 0. The van der Waals surface area contributed by atoms with Gasteiger partial charge in [-0.2, -0.15) is 5.10 Å². The van der Waals surface area contributed by atoms with Crippen LogP contribution in [0.15, 0.2) is 24.3 Å². The molecule has 24 heavy (non-hydrogen) atoms. The number of hydrogen-bond acceptors (Lipinski definition) is 5. The van der Waals surface area contributed by atoms with Crippen molar-refractivity contribution >= 4 is 17.2 Å². The fourth-order valence-electron chi connectivity index (χ4n) is 4.25. The second-order valence-corrected chi connectivity index (χ2v) is 8.90. The third-order valence-electron chi connectivity index (χ3n) is 5.46. The number of anilines is 1. The van der Waals surface area contributed by atoms with Gasteiger partial charge in [0.2, 0.25) is 0 Å². The van der Waals surface area contributed by atoms with Gasteiger partial charge in [-0.3, -0.25) is 4.90 Å². The number of likely N-dealkylation sites (tertiary alicyclic amines) is 1. The standard InChI is InChI=1S/C19H26N4S/c1-15-4-7-18(21-20-15)23-10-3-8-19(14-23)9-11-22(13-19)12-17-6-5-16(2)24-17/h4-7H,3,8-14H2,1-2H3/t19-/m0/s1. The molecular formula is C19H26N4S. The van der Waals surface area contributed by atoms with E-state index in [1.165, 1.54) is 42.1 Å². The van der Waals surface area contributed by atoms with Gasteiger partial charge in [-0.05, 0) is 63.9 Å². The minimum Gasteiger partial charge on any atom is -0.355 e. The van der Waals surface area contributed by atoms with Gasteiger partial charge >= 0.3 is 0 Å². The molecule has 0 saturated carbocycles. The van der Waals surface area contributed by atoms with Gasteiger partial charge in [-0.25, -0.2) is 0 Å². The normalized spacial score (nSPS) is 24.8. The number of aromatic nitrogens is 2. The monoisotopic (exact) mass is 342 g/mol. The highest BCUT2D eigenvalue weighted by Gasteiger charge is 2.41. The smallest absolute Gasteiger partial charge is 0.151 e. The Labute approximate surface area is 148 Å². The molecule has 0 radical (unpaired) electrons. The van der Waals surface area contributed by atoms with Gasteiger partial charge in [0.05, 0.1) is 5.69 Å². The lowest BCUT2D eigenvalue weighted by Gasteiger charge is -2.41. The summed E-state index contributed by atoms with van der Waals surface area (Å²) in [6.45, 7) is 10.00. The van der Waals surface area contributed by atoms with Gasteiger partial charge in [0, 0.05) is 41.3 Å². The van der Waals surface area contributed by atoms with Gasteiger partial charge in [0.15, 0.2) is 5.82 Å². The van der Waals surface area contributed by atoms with Crippen LogP contribution in [0.2, 0.25) is 0 Å². The van der Waals surface area contributed by atoms with Crippen LogP contribution in [0, 0.1) is 19.3 Å². The topological polar surface area (TPSA) is 32.3 Å². The van der Waals surface area contributed by atoms with Gasteiger partial charge in [0.1, 0.15) is 0 Å². The third-order valence-corrected chi connectivity index (χ3v) is 6.45. The van der Waals surface area contributed by atoms with E-state index in [-0.39, 0.29) is 0 Å². The highest BCUT2D eigenvalue weighted by Crippen LogP contribution is 2.40. The number of thiophene rings is 1. The SMILES string of the molecule is Cc1ccc(N2CCC[C@@]3(CCN(Cc4ccc(C)s4)C3)C2)nn1. The second-order valence-electron chi connectivity index (χ2n) is 7.53. The van der Waals surface area contributed by atoms with Crippen molar-refractivity contribution in [2.24, 2.45) is 5.41 Å². The molecule has 5 heteroatoms. The molecule has 4 rings (SSSR count). The summed E-state index contributed by atoms with van der Waals surface area (Å²) in [6.07, 6.45) is 3.93. The Bertz CT molecular complexity index is 696. The van der Waals surface area contributed by atoms with Crippen molar-refractivity contribution in [1.29, 1.82) is 0 Å². The van der Waals surface area contributed by atoms with Crippen LogP contribution in [0.25, 0.3) is 0 Å². The molecule has 4 heterocycles. The van der Waals surface area contributed by atoms with Crippen molar-refractivity contribution in [2.75, 3.05) is 31.1 Å². The van der Waals surface area contributed by atoms with Crippen LogP contribution in [0.3, 0.4) is 0 Å². The maximum Gasteiger partial charge on any atom is 0.151 e. The van der Waals surface area contributed by atoms with Gasteiger partial charge in [-0.15, -0.1) is 16.4 Å². The fraction of sp³-hybridized carbons (Fsp3) is 0.579. The first-order valence-electron chi connectivity index (χ1n) is 8.95. The largest absolute Gasteiger partial charge is 0.355 e. The second kappa shape index (κ2) is 6.45. The zero-order valence-electron chi connectivity index (χ0n) is 14.7. The predicted molar refractivity (Wildman–Crippen MR) is 99.6 cm³/mol. The van der Waals surface area contributed by atoms with Crippen molar-refractivity contribution in [3.8, 4) is 0 Å². The molecule has 2 fully saturated rings. The van der Waals surface area contributed by atoms with Crippen molar-refractivity contribution < 1.29 is 0 Å². The summed E-state index contributed by atoms with van der Waals surface area (Å²) in [5.74, 6) is 1.05. The molecule has 0 unspecified atom stereocenters. The predicted octanol–water partition coefficient (Wildman–Crippen LogP) is 3.65. The summed E-state index contributed by atoms with van der Waals surface area (Å²) in [4.78, 5) is 8.02. The van der Waals surface area contributed by atoms with E-state index >= 15 is 0 Å². The Hall–Kier alpha value is -1.46. The Morgan fingerprint density at radius 1 is 1.04 bits per heavy atom. The van der Waals surface area contributed by atoms with Crippen LogP contribution >= 0.6 is 11.3 Å². The molecule has 128 valence electrons. The minimum absolute atomic E-state index is 0.442. The highest BCUT2D eigenvalue weighted by atomic mass is 32.1. The van der Waals surface area contributed by atoms with Crippen molar-refractivity contribution in [3.05, 3.63) is 39.7 Å². The van der Waals surface area contributed by atoms with E-state index in [0.29, 0.717) is 5.41 Å². The average Bonchev–Trinajstić information content (AvgIpc) is 3.15. The van der Waals surface area contributed by atoms with Gasteiger partial charge < -0.3 is 4.90 Å². The molecule has 1 spiro atoms. The number of nitrogens with zero attached hydrogens (tertiary/aromatic N) is 4. The number of piperidine rings is 1. The molecule has 2 aliphatic heterocycles. The first-order valence-corrected chi connectivity index (χ1v) is 9.77. The van der Waals surface area contributed by atoms with Crippen LogP contribution in [0.5, 0.6) is 0 Å². The molecule has 0 bridgehead atoms. The molecule has 2 aromatic heterocycles. The molecule has 0 N–H and O–H groups in total. The Morgan fingerprint density at radius 2 is 1.96 bits per heavy atom. The summed E-state index contributed by atoms with van der Waals surface area (Å²) in [5.41, 5.74) is 1.43. The summed E-state index contributed by atoms with van der Waals surface area (Å²) in [7, 11) is 0. The number of aryl methyl sites for hydroxylation is 2. The maximum atomic E-state index is 4.41. The molecule has 4 nitrogen and oxygen atoms in total. The van der Waals surface area contributed by atoms with Crippen molar-refractivity contribution in [1.82, 2.24) is 15.1 Å². The lowest BCUT2D eigenvalue weighted by molar-refractivity contribution is 0.216. The summed E-state index contributed by atoms with van der Waals surface area (Å²) in [6, 6.07) is 8.73. The molecule has 0 aromatic carbocycles. The Morgan fingerprint density at radius 3 is 2.71 bits per heavy atom. The molecule has 2 aliphatic rings. The van der Waals surface area contributed by atoms with Crippen LogP contribution in [-0.2, 0) is 6.54 Å². The molecule has 2 saturated heterocycles. The van der Waals surface area contributed by atoms with E-state index in [0.717, 1.165) is 31.1 Å². The summed E-state index contributed by atoms with van der Waals surface area (Å²) >= 11 is 1.94. The van der Waals surface area contributed by atoms with Crippen LogP contribution in [-0.4, -0.2) is 41.3 Å². The molecular weight excluding hydrogens is 316 g/mol. The Kier molecular flexibility index (Phi) is 4.31. The zero-order valence-corrected chi connectivity index (χ0v) is 15.5. The quantitative estimate of drug-likeness (QED) is 0.852. The van der Waals surface area contributed by atoms with Gasteiger partial charge in [-0.1, -0.05) is 0 Å². The molecule has 0 amide bonds. The van der Waals surface area contributed by atoms with Crippen LogP contribution in [0.1, 0.15) is 34.7 Å².